The average Bonchev–Trinajstić information content (AvgIpc) is 2.54. The molecule has 0 spiro atoms. The lowest BCUT2D eigenvalue weighted by Gasteiger charge is -2.09. The molecule has 8 heteroatoms. The number of carbonyl (C=O) groups excluding carboxylic acids is 1. The minimum atomic E-state index is -0.511. The maximum Gasteiger partial charge on any atom is 0.311 e. The van der Waals surface area contributed by atoms with Gasteiger partial charge in [-0.15, -0.1) is 0 Å². The number of hydrogen-bond donors (Lipinski definition) is 2. The number of hydrogen-bond acceptors (Lipinski definition) is 6. The lowest BCUT2D eigenvalue weighted by molar-refractivity contribution is -0.385. The van der Waals surface area contributed by atoms with Crippen LogP contribution < -0.4 is 15.4 Å². The van der Waals surface area contributed by atoms with Crippen molar-refractivity contribution in [2.75, 3.05) is 23.8 Å². The summed E-state index contributed by atoms with van der Waals surface area (Å²) in [6.07, 6.45) is 1.58. The third-order valence-corrected chi connectivity index (χ3v) is 2.84. The number of carbonyl (C=O) groups is 1. The van der Waals surface area contributed by atoms with Gasteiger partial charge >= 0.3 is 5.69 Å². The van der Waals surface area contributed by atoms with E-state index < -0.39 is 4.92 Å². The average molecular weight is 316 g/mol. The molecule has 120 valence electrons. The SMILES string of the molecule is CCOc1cc(NCC(=O)Nc2ccccn2)ccc1[N+](=O)[O-]. The van der Waals surface area contributed by atoms with Gasteiger partial charge in [-0.25, -0.2) is 4.98 Å². The molecule has 0 radical (unpaired) electrons. The van der Waals surface area contributed by atoms with Crippen LogP contribution in [0.4, 0.5) is 17.2 Å². The molecule has 1 aromatic carbocycles. The summed E-state index contributed by atoms with van der Waals surface area (Å²) in [5.74, 6) is 0.339. The second kappa shape index (κ2) is 7.74. The van der Waals surface area contributed by atoms with Crippen LogP contribution in [0.1, 0.15) is 6.92 Å². The molecule has 23 heavy (non-hydrogen) atoms. The Morgan fingerprint density at radius 2 is 2.17 bits per heavy atom. The van der Waals surface area contributed by atoms with Crippen LogP contribution in [0.15, 0.2) is 42.6 Å². The predicted molar refractivity (Wildman–Crippen MR) is 85.6 cm³/mol. The zero-order chi connectivity index (χ0) is 16.7. The summed E-state index contributed by atoms with van der Waals surface area (Å²) in [4.78, 5) is 26.2. The molecule has 1 amide bonds. The minimum absolute atomic E-state index is 0.0000494. The van der Waals surface area contributed by atoms with Crippen molar-refractivity contribution in [3.63, 3.8) is 0 Å². The Morgan fingerprint density at radius 1 is 1.35 bits per heavy atom. The number of nitro groups is 1. The van der Waals surface area contributed by atoms with E-state index in [1.54, 1.807) is 31.3 Å². The van der Waals surface area contributed by atoms with Crippen LogP contribution in [0, 0.1) is 10.1 Å². The van der Waals surface area contributed by atoms with Crippen LogP contribution in [0.3, 0.4) is 0 Å². The standard InChI is InChI=1S/C15H16N4O4/c1-2-23-13-9-11(6-7-12(13)19(21)22)17-10-15(20)18-14-5-3-4-8-16-14/h3-9,17H,2,10H2,1H3,(H,16,18,20). The second-order valence-corrected chi connectivity index (χ2v) is 4.49. The number of anilines is 2. The highest BCUT2D eigenvalue weighted by Crippen LogP contribution is 2.29. The van der Waals surface area contributed by atoms with Gasteiger partial charge in [0.05, 0.1) is 18.1 Å². The molecular weight excluding hydrogens is 300 g/mol. The molecule has 0 aliphatic heterocycles. The molecular formula is C15H16N4O4. The summed E-state index contributed by atoms with van der Waals surface area (Å²) < 4.78 is 5.25. The Morgan fingerprint density at radius 3 is 2.83 bits per heavy atom. The first kappa shape index (κ1) is 16.2. The molecule has 2 rings (SSSR count). The highest BCUT2D eigenvalue weighted by molar-refractivity contribution is 5.92. The summed E-state index contributed by atoms with van der Waals surface area (Å²) in [5, 5.41) is 16.4. The van der Waals surface area contributed by atoms with Crippen LogP contribution >= 0.6 is 0 Å². The molecule has 0 atom stereocenters. The predicted octanol–water partition coefficient (Wildman–Crippen LogP) is 2.44. The van der Waals surface area contributed by atoms with Crippen molar-refractivity contribution in [1.82, 2.24) is 4.98 Å². The van der Waals surface area contributed by atoms with Crippen molar-refractivity contribution in [2.24, 2.45) is 0 Å². The van der Waals surface area contributed by atoms with E-state index in [1.165, 1.54) is 18.2 Å². The van der Waals surface area contributed by atoms with Crippen molar-refractivity contribution in [2.45, 2.75) is 6.92 Å². The van der Waals surface area contributed by atoms with Crippen molar-refractivity contribution in [1.29, 1.82) is 0 Å². The van der Waals surface area contributed by atoms with Gasteiger partial charge in [0.15, 0.2) is 5.75 Å². The van der Waals surface area contributed by atoms with Crippen LogP contribution in [0.25, 0.3) is 0 Å². The van der Waals surface area contributed by atoms with Gasteiger partial charge in [-0.05, 0) is 25.1 Å². The third kappa shape index (κ3) is 4.67. The summed E-state index contributed by atoms with van der Waals surface area (Å²) >= 11 is 0. The number of pyridine rings is 1. The largest absolute Gasteiger partial charge is 0.487 e. The highest BCUT2D eigenvalue weighted by Gasteiger charge is 2.15. The first-order valence-corrected chi connectivity index (χ1v) is 6.96. The molecule has 0 saturated heterocycles. The van der Waals surface area contributed by atoms with E-state index in [1.807, 2.05) is 0 Å². The molecule has 1 aromatic heterocycles. The van der Waals surface area contributed by atoms with Crippen LogP contribution in [-0.4, -0.2) is 29.0 Å². The van der Waals surface area contributed by atoms with Crippen LogP contribution in [-0.2, 0) is 4.79 Å². The fraction of sp³-hybridized carbons (Fsp3) is 0.200. The van der Waals surface area contributed by atoms with Gasteiger partial charge < -0.3 is 15.4 Å². The molecule has 2 N–H and O–H groups in total. The molecule has 0 aliphatic rings. The normalized spacial score (nSPS) is 9.96. The van der Waals surface area contributed by atoms with Gasteiger partial charge in [0.25, 0.3) is 0 Å². The first-order valence-electron chi connectivity index (χ1n) is 6.96. The number of ether oxygens (including phenoxy) is 1. The molecule has 8 nitrogen and oxygen atoms in total. The van der Waals surface area contributed by atoms with Crippen LogP contribution in [0.2, 0.25) is 0 Å². The minimum Gasteiger partial charge on any atom is -0.487 e. The zero-order valence-corrected chi connectivity index (χ0v) is 12.5. The van der Waals surface area contributed by atoms with Crippen molar-refractivity contribution in [3.8, 4) is 5.75 Å². The lowest BCUT2D eigenvalue weighted by atomic mass is 10.2. The van der Waals surface area contributed by atoms with E-state index in [9.17, 15) is 14.9 Å². The lowest BCUT2D eigenvalue weighted by Crippen LogP contribution is -2.22. The number of benzene rings is 1. The number of nitro benzene ring substituents is 1. The summed E-state index contributed by atoms with van der Waals surface area (Å²) in [6, 6.07) is 9.55. The second-order valence-electron chi connectivity index (χ2n) is 4.49. The third-order valence-electron chi connectivity index (χ3n) is 2.84. The van der Waals surface area contributed by atoms with E-state index in [2.05, 4.69) is 15.6 Å². The molecule has 0 fully saturated rings. The van der Waals surface area contributed by atoms with Crippen molar-refractivity contribution < 1.29 is 14.5 Å². The van der Waals surface area contributed by atoms with E-state index in [0.29, 0.717) is 18.1 Å². The summed E-state index contributed by atoms with van der Waals surface area (Å²) in [5.41, 5.74) is 0.436. The van der Waals surface area contributed by atoms with E-state index in [4.69, 9.17) is 4.74 Å². The summed E-state index contributed by atoms with van der Waals surface area (Å²) in [7, 11) is 0. The van der Waals surface area contributed by atoms with Crippen LogP contribution in [0.5, 0.6) is 5.75 Å². The molecule has 2 aromatic rings. The molecule has 0 aliphatic carbocycles. The van der Waals surface area contributed by atoms with E-state index in [0.717, 1.165) is 0 Å². The maximum absolute atomic E-state index is 11.8. The van der Waals surface area contributed by atoms with E-state index >= 15 is 0 Å². The quantitative estimate of drug-likeness (QED) is 0.600. The maximum atomic E-state index is 11.8. The zero-order valence-electron chi connectivity index (χ0n) is 12.5. The number of rotatable bonds is 7. The smallest absolute Gasteiger partial charge is 0.311 e. The Hall–Kier alpha value is -3.16. The Labute approximate surface area is 132 Å². The molecule has 1 heterocycles. The monoisotopic (exact) mass is 316 g/mol. The Kier molecular flexibility index (Phi) is 5.45. The number of nitrogens with one attached hydrogen (secondary N) is 2. The van der Waals surface area contributed by atoms with Gasteiger partial charge in [0, 0.05) is 24.0 Å². The highest BCUT2D eigenvalue weighted by atomic mass is 16.6. The van der Waals surface area contributed by atoms with Crippen molar-refractivity contribution >= 4 is 23.1 Å². The van der Waals surface area contributed by atoms with E-state index in [-0.39, 0.29) is 23.9 Å². The van der Waals surface area contributed by atoms with Gasteiger partial charge in [-0.3, -0.25) is 14.9 Å². The van der Waals surface area contributed by atoms with Crippen molar-refractivity contribution in [3.05, 3.63) is 52.7 Å². The van der Waals surface area contributed by atoms with Gasteiger partial charge in [0.2, 0.25) is 5.91 Å². The van der Waals surface area contributed by atoms with Gasteiger partial charge in [-0.2, -0.15) is 0 Å². The fourth-order valence-corrected chi connectivity index (χ4v) is 1.85. The number of amides is 1. The summed E-state index contributed by atoms with van der Waals surface area (Å²) in [6.45, 7) is 2.05. The number of aromatic nitrogens is 1. The Bertz CT molecular complexity index is 691. The first-order chi connectivity index (χ1) is 11.1. The number of nitrogens with zero attached hydrogens (tertiary/aromatic N) is 2. The molecule has 0 saturated carbocycles. The topological polar surface area (TPSA) is 106 Å². The van der Waals surface area contributed by atoms with Gasteiger partial charge in [-0.1, -0.05) is 6.07 Å². The fourth-order valence-electron chi connectivity index (χ4n) is 1.85. The Balaban J connectivity index is 1.98. The molecule has 0 bridgehead atoms. The van der Waals surface area contributed by atoms with Gasteiger partial charge in [0.1, 0.15) is 5.82 Å². The molecule has 0 unspecified atom stereocenters.